The summed E-state index contributed by atoms with van der Waals surface area (Å²) in [5.74, 6) is 1.76. The number of halogens is 2. The molecule has 0 fully saturated rings. The van der Waals surface area contributed by atoms with Crippen LogP contribution in [0.3, 0.4) is 0 Å². The number of ether oxygens (including phenoxy) is 2. The third-order valence-corrected chi connectivity index (χ3v) is 2.81. The molecule has 0 atom stereocenters. The molecule has 0 aliphatic carbocycles. The van der Waals surface area contributed by atoms with E-state index < -0.39 is 0 Å². The van der Waals surface area contributed by atoms with Gasteiger partial charge in [0.15, 0.2) is 24.8 Å². The Balaban J connectivity index is 0.00000180. The highest BCUT2D eigenvalue weighted by Crippen LogP contribution is 2.04. The molecule has 4 nitrogen and oxygen atoms in total. The number of aryl methyl sites for hydroxylation is 2. The topological polar surface area (TPSA) is 26.2 Å². The van der Waals surface area contributed by atoms with Gasteiger partial charge >= 0.3 is 0 Å². The van der Waals surface area contributed by atoms with Gasteiger partial charge in [0.25, 0.3) is 0 Å². The fraction of sp³-hybridized carbons (Fsp3) is 0.286. The normalized spacial score (nSPS) is 9.10. The van der Waals surface area contributed by atoms with Crippen LogP contribution in [0.1, 0.15) is 0 Å². The van der Waals surface area contributed by atoms with E-state index in [2.05, 4.69) is 9.13 Å². The second-order valence-electron chi connectivity index (χ2n) is 3.95. The van der Waals surface area contributed by atoms with E-state index in [-0.39, 0.29) is 34.0 Å². The van der Waals surface area contributed by atoms with E-state index in [0.717, 1.165) is 24.6 Å². The Morgan fingerprint density at radius 3 is 1.25 bits per heavy atom. The Hall–Kier alpha value is -1.14. The van der Waals surface area contributed by atoms with Gasteiger partial charge in [-0.25, -0.2) is 0 Å². The number of nitrogens with zero attached hydrogens (tertiary/aromatic N) is 2. The van der Waals surface area contributed by atoms with Crippen molar-refractivity contribution in [1.29, 1.82) is 0 Å². The molecule has 0 radical (unpaired) electrons. The van der Waals surface area contributed by atoms with Gasteiger partial charge in [-0.15, -0.1) is 0 Å². The predicted octanol–water partition coefficient (Wildman–Crippen LogP) is -5.01. The number of rotatable bonds is 5. The number of aromatic nitrogens is 2. The minimum atomic E-state index is 0. The lowest BCUT2D eigenvalue weighted by atomic mass is 10.4. The molecular weight excluding hydrogens is 388 g/mol. The van der Waals surface area contributed by atoms with Gasteiger partial charge in [-0.3, -0.25) is 0 Å². The molecule has 0 unspecified atom stereocenters. The van der Waals surface area contributed by atoms with Gasteiger partial charge in [0.1, 0.15) is 11.5 Å². The van der Waals surface area contributed by atoms with Crippen LogP contribution in [0.2, 0.25) is 0 Å². The molecule has 0 bridgehead atoms. The predicted molar refractivity (Wildman–Crippen MR) is 66.4 cm³/mol. The molecule has 6 heteroatoms. The van der Waals surface area contributed by atoms with Crippen LogP contribution in [0.25, 0.3) is 0 Å². The van der Waals surface area contributed by atoms with Gasteiger partial charge in [0.2, 0.25) is 13.1 Å². The minimum absolute atomic E-state index is 0. The maximum Gasteiger partial charge on any atom is 0.206 e. The molecule has 0 N–H and O–H groups in total. The summed E-state index contributed by atoms with van der Waals surface area (Å²) in [6.45, 7) is 1.84. The molecule has 0 saturated heterocycles. The second kappa shape index (κ2) is 9.72. The van der Waals surface area contributed by atoms with Gasteiger partial charge in [0, 0.05) is 24.3 Å². The number of pyridine rings is 2. The van der Waals surface area contributed by atoms with Crippen molar-refractivity contribution < 1.29 is 52.6 Å². The third kappa shape index (κ3) is 5.46. The highest BCUT2D eigenvalue weighted by molar-refractivity contribution is 5.14. The molecule has 0 amide bonds. The van der Waals surface area contributed by atoms with Gasteiger partial charge in [-0.05, 0) is 0 Å². The Kier molecular flexibility index (Phi) is 9.16. The number of hydrogen-bond donors (Lipinski definition) is 0. The van der Waals surface area contributed by atoms with Gasteiger partial charge in [0.05, 0.1) is 14.2 Å². The van der Waals surface area contributed by atoms with Gasteiger partial charge in [-0.2, -0.15) is 9.13 Å². The standard InChI is InChI=1S/C14H18N2O2.2BrH/c1-17-13-3-7-15(8-4-13)11-12-16-9-5-14(18-2)6-10-16;;/h3-10H,11-12H2,1-2H3;2*1H/q+2;;/p-2. The molecule has 20 heavy (non-hydrogen) atoms. The first kappa shape index (κ1) is 18.9. The first-order valence-corrected chi connectivity index (χ1v) is 5.88. The van der Waals surface area contributed by atoms with E-state index in [1.54, 1.807) is 14.2 Å². The largest absolute Gasteiger partial charge is 1.00 e. The van der Waals surface area contributed by atoms with Gasteiger partial charge < -0.3 is 43.4 Å². The Labute approximate surface area is 140 Å². The summed E-state index contributed by atoms with van der Waals surface area (Å²) >= 11 is 0. The zero-order chi connectivity index (χ0) is 12.8. The Morgan fingerprint density at radius 1 is 0.700 bits per heavy atom. The number of methoxy groups -OCH3 is 2. The Morgan fingerprint density at radius 2 is 1.00 bits per heavy atom. The van der Waals surface area contributed by atoms with E-state index >= 15 is 0 Å². The maximum absolute atomic E-state index is 5.13. The van der Waals surface area contributed by atoms with E-state index in [4.69, 9.17) is 9.47 Å². The summed E-state index contributed by atoms with van der Waals surface area (Å²) in [6, 6.07) is 7.83. The van der Waals surface area contributed by atoms with Crippen molar-refractivity contribution in [2.75, 3.05) is 14.2 Å². The molecule has 2 heterocycles. The molecular formula is C14H18Br2N2O2. The van der Waals surface area contributed by atoms with Crippen LogP contribution < -0.4 is 52.6 Å². The molecule has 0 aromatic carbocycles. The van der Waals surface area contributed by atoms with Crippen LogP contribution in [0.5, 0.6) is 11.5 Å². The van der Waals surface area contributed by atoms with Crippen molar-refractivity contribution in [3.05, 3.63) is 49.1 Å². The van der Waals surface area contributed by atoms with Gasteiger partial charge in [-0.1, -0.05) is 0 Å². The van der Waals surface area contributed by atoms with Crippen LogP contribution in [-0.2, 0) is 13.1 Å². The van der Waals surface area contributed by atoms with Crippen LogP contribution in [-0.4, -0.2) is 14.2 Å². The Bertz CT molecular complexity index is 442. The summed E-state index contributed by atoms with van der Waals surface area (Å²) in [5.41, 5.74) is 0. The van der Waals surface area contributed by atoms with E-state index in [9.17, 15) is 0 Å². The van der Waals surface area contributed by atoms with Crippen LogP contribution in [0, 0.1) is 0 Å². The average Bonchev–Trinajstić information content (AvgIpc) is 2.46. The van der Waals surface area contributed by atoms with Crippen LogP contribution >= 0.6 is 0 Å². The summed E-state index contributed by atoms with van der Waals surface area (Å²) in [6.07, 6.45) is 8.07. The SMILES string of the molecule is COc1cc[n+](CC[n+]2ccc(OC)cc2)cc1.[Br-].[Br-]. The zero-order valence-corrected chi connectivity index (χ0v) is 14.7. The molecule has 2 rings (SSSR count). The van der Waals surface area contributed by atoms with Crippen molar-refractivity contribution in [3.63, 3.8) is 0 Å². The minimum Gasteiger partial charge on any atom is -1.00 e. The zero-order valence-electron chi connectivity index (χ0n) is 11.5. The number of hydrogen-bond acceptors (Lipinski definition) is 2. The smallest absolute Gasteiger partial charge is 0.206 e. The van der Waals surface area contributed by atoms with Crippen LogP contribution in [0.15, 0.2) is 49.1 Å². The fourth-order valence-corrected chi connectivity index (χ4v) is 1.69. The quantitative estimate of drug-likeness (QED) is 0.466. The van der Waals surface area contributed by atoms with Crippen molar-refractivity contribution in [1.82, 2.24) is 0 Å². The highest BCUT2D eigenvalue weighted by Gasteiger charge is 2.06. The van der Waals surface area contributed by atoms with Crippen LogP contribution in [0.4, 0.5) is 0 Å². The highest BCUT2D eigenvalue weighted by atomic mass is 79.9. The first-order chi connectivity index (χ1) is 8.81. The molecule has 2 aromatic heterocycles. The maximum atomic E-state index is 5.13. The molecule has 2 aromatic rings. The fourth-order valence-electron chi connectivity index (χ4n) is 1.69. The summed E-state index contributed by atoms with van der Waals surface area (Å²) in [4.78, 5) is 0. The van der Waals surface area contributed by atoms with E-state index in [0.29, 0.717) is 0 Å². The summed E-state index contributed by atoms with van der Waals surface area (Å²) in [7, 11) is 3.35. The molecule has 0 saturated carbocycles. The summed E-state index contributed by atoms with van der Waals surface area (Å²) < 4.78 is 14.5. The lowest BCUT2D eigenvalue weighted by molar-refractivity contribution is -0.778. The summed E-state index contributed by atoms with van der Waals surface area (Å²) in [5, 5.41) is 0. The lowest BCUT2D eigenvalue weighted by Gasteiger charge is -1.99. The molecule has 0 aliphatic heterocycles. The van der Waals surface area contributed by atoms with Crippen molar-refractivity contribution in [2.45, 2.75) is 13.1 Å². The van der Waals surface area contributed by atoms with Crippen molar-refractivity contribution >= 4 is 0 Å². The van der Waals surface area contributed by atoms with Crippen molar-refractivity contribution in [2.24, 2.45) is 0 Å². The van der Waals surface area contributed by atoms with Crippen molar-refractivity contribution in [3.8, 4) is 11.5 Å². The molecule has 0 aliphatic rings. The first-order valence-electron chi connectivity index (χ1n) is 5.88. The van der Waals surface area contributed by atoms with E-state index in [1.165, 1.54) is 0 Å². The second-order valence-corrected chi connectivity index (χ2v) is 3.95. The lowest BCUT2D eigenvalue weighted by Crippen LogP contribution is -3.00. The molecule has 0 spiro atoms. The van der Waals surface area contributed by atoms with E-state index in [1.807, 2.05) is 49.1 Å². The monoisotopic (exact) mass is 404 g/mol. The third-order valence-electron chi connectivity index (χ3n) is 2.81. The average molecular weight is 406 g/mol. The molecule has 110 valence electrons.